The lowest BCUT2D eigenvalue weighted by Crippen LogP contribution is -2.49. The van der Waals surface area contributed by atoms with Crippen LogP contribution in [0.25, 0.3) is 0 Å². The highest BCUT2D eigenvalue weighted by atomic mass is 16.5. The fraction of sp³-hybridized carbons (Fsp3) is 1.00. The number of hydrogen-bond donors (Lipinski definition) is 1. The maximum Gasteiger partial charge on any atom is 0.0630 e. The van der Waals surface area contributed by atoms with Crippen LogP contribution in [0, 0.1) is 5.92 Å². The Kier molecular flexibility index (Phi) is 5.92. The zero-order chi connectivity index (χ0) is 14.5. The van der Waals surface area contributed by atoms with E-state index in [1.54, 1.807) is 0 Å². The summed E-state index contributed by atoms with van der Waals surface area (Å²) in [6.45, 7) is 8.54. The van der Waals surface area contributed by atoms with Crippen molar-refractivity contribution in [2.45, 2.75) is 50.6 Å². The van der Waals surface area contributed by atoms with Gasteiger partial charge >= 0.3 is 0 Å². The molecule has 3 aliphatic rings. The van der Waals surface area contributed by atoms with Gasteiger partial charge in [0.15, 0.2) is 0 Å². The van der Waals surface area contributed by atoms with Gasteiger partial charge in [-0.2, -0.15) is 0 Å². The highest BCUT2D eigenvalue weighted by Crippen LogP contribution is 2.23. The summed E-state index contributed by atoms with van der Waals surface area (Å²) in [5, 5.41) is 3.68. The van der Waals surface area contributed by atoms with Gasteiger partial charge in [0.05, 0.1) is 6.61 Å². The van der Waals surface area contributed by atoms with Crippen LogP contribution in [0.1, 0.15) is 38.5 Å². The quantitative estimate of drug-likeness (QED) is 0.735. The first-order valence-corrected chi connectivity index (χ1v) is 9.04. The molecule has 0 radical (unpaired) electrons. The number of likely N-dealkylation sites (tertiary alicyclic amines) is 2. The third-order valence-electron chi connectivity index (χ3n) is 5.46. The number of methoxy groups -OCH3 is 1. The van der Waals surface area contributed by atoms with Crippen LogP contribution < -0.4 is 5.32 Å². The molecule has 3 fully saturated rings. The van der Waals surface area contributed by atoms with Gasteiger partial charge in [0.1, 0.15) is 0 Å². The number of nitrogens with zero attached hydrogens (tertiary/aromatic N) is 2. The van der Waals surface area contributed by atoms with Gasteiger partial charge in [-0.25, -0.2) is 0 Å². The van der Waals surface area contributed by atoms with Gasteiger partial charge in [-0.15, -0.1) is 0 Å². The summed E-state index contributed by atoms with van der Waals surface area (Å²) in [7, 11) is 1.84. The summed E-state index contributed by atoms with van der Waals surface area (Å²) in [4.78, 5) is 5.35. The van der Waals surface area contributed by atoms with Crippen LogP contribution in [0.2, 0.25) is 0 Å². The van der Waals surface area contributed by atoms with E-state index in [1.807, 2.05) is 7.11 Å². The van der Waals surface area contributed by atoms with Crippen LogP contribution in [0.4, 0.5) is 0 Å². The third-order valence-corrected chi connectivity index (χ3v) is 5.46. The highest BCUT2D eigenvalue weighted by molar-refractivity contribution is 4.86. The first kappa shape index (κ1) is 15.7. The fourth-order valence-corrected chi connectivity index (χ4v) is 3.91. The summed E-state index contributed by atoms with van der Waals surface area (Å²) in [6.07, 6.45) is 8.33. The normalized spacial score (nSPS) is 27.3. The van der Waals surface area contributed by atoms with Crippen LogP contribution in [0.3, 0.4) is 0 Å². The van der Waals surface area contributed by atoms with Crippen LogP contribution in [0.15, 0.2) is 0 Å². The van der Waals surface area contributed by atoms with Crippen molar-refractivity contribution >= 4 is 0 Å². The molecule has 1 atom stereocenters. The molecule has 3 rings (SSSR count). The summed E-state index contributed by atoms with van der Waals surface area (Å²) in [5.41, 5.74) is 0. The van der Waals surface area contributed by atoms with Gasteiger partial charge in [0.2, 0.25) is 0 Å². The largest absolute Gasteiger partial charge is 0.383 e. The van der Waals surface area contributed by atoms with E-state index in [1.165, 1.54) is 71.2 Å². The minimum Gasteiger partial charge on any atom is -0.383 e. The second-order valence-electron chi connectivity index (χ2n) is 7.28. The molecule has 0 spiro atoms. The lowest BCUT2D eigenvalue weighted by atomic mass is 9.95. The highest BCUT2D eigenvalue weighted by Gasteiger charge is 2.28. The summed E-state index contributed by atoms with van der Waals surface area (Å²) < 4.78 is 5.45. The molecule has 2 heterocycles. The van der Waals surface area contributed by atoms with Crippen LogP contribution >= 0.6 is 0 Å². The van der Waals surface area contributed by atoms with Gasteiger partial charge in [-0.05, 0) is 70.6 Å². The predicted octanol–water partition coefficient (Wildman–Crippen LogP) is 1.56. The zero-order valence-electron chi connectivity index (χ0n) is 13.7. The average Bonchev–Trinajstić information content (AvgIpc) is 3.20. The van der Waals surface area contributed by atoms with Crippen molar-refractivity contribution < 1.29 is 4.74 Å². The number of nitrogens with one attached hydrogen (secondary N) is 1. The second kappa shape index (κ2) is 7.91. The molecule has 0 bridgehead atoms. The van der Waals surface area contributed by atoms with Crippen LogP contribution in [-0.2, 0) is 4.74 Å². The van der Waals surface area contributed by atoms with Gasteiger partial charge in [0, 0.05) is 32.3 Å². The summed E-state index contributed by atoms with van der Waals surface area (Å²) in [6, 6.07) is 1.38. The molecule has 1 aliphatic carbocycles. The number of ether oxygens (including phenoxy) is 1. The minimum absolute atomic E-state index is 0.573. The van der Waals surface area contributed by atoms with Gasteiger partial charge in [-0.1, -0.05) is 0 Å². The van der Waals surface area contributed by atoms with Crippen molar-refractivity contribution in [1.82, 2.24) is 15.1 Å². The molecule has 4 heteroatoms. The number of piperidine rings is 1. The molecule has 21 heavy (non-hydrogen) atoms. The minimum atomic E-state index is 0.573. The van der Waals surface area contributed by atoms with Crippen LogP contribution in [0.5, 0.6) is 0 Å². The Hall–Kier alpha value is -0.160. The van der Waals surface area contributed by atoms with Crippen LogP contribution in [-0.4, -0.2) is 74.9 Å². The second-order valence-corrected chi connectivity index (χ2v) is 7.28. The predicted molar refractivity (Wildman–Crippen MR) is 86.7 cm³/mol. The summed E-state index contributed by atoms with van der Waals surface area (Å²) in [5.74, 6) is 0.930. The molecule has 0 aromatic carbocycles. The molecule has 1 unspecified atom stereocenters. The number of rotatable bonds is 8. The number of hydrogen-bond acceptors (Lipinski definition) is 4. The van der Waals surface area contributed by atoms with E-state index in [9.17, 15) is 0 Å². The van der Waals surface area contributed by atoms with E-state index in [0.29, 0.717) is 6.04 Å². The lowest BCUT2D eigenvalue weighted by Gasteiger charge is -2.38. The lowest BCUT2D eigenvalue weighted by molar-refractivity contribution is 0.0590. The van der Waals surface area contributed by atoms with E-state index in [0.717, 1.165) is 25.1 Å². The third kappa shape index (κ3) is 4.92. The molecular formula is C17H33N3O. The Labute approximate surface area is 130 Å². The van der Waals surface area contributed by atoms with E-state index in [2.05, 4.69) is 15.1 Å². The van der Waals surface area contributed by atoms with Crippen molar-refractivity contribution in [2.24, 2.45) is 5.92 Å². The smallest absolute Gasteiger partial charge is 0.0630 e. The monoisotopic (exact) mass is 295 g/mol. The molecule has 1 N–H and O–H groups in total. The topological polar surface area (TPSA) is 27.7 Å². The van der Waals surface area contributed by atoms with E-state index < -0.39 is 0 Å². The van der Waals surface area contributed by atoms with Gasteiger partial charge in [-0.3, -0.25) is 4.90 Å². The molecule has 2 aliphatic heterocycles. The van der Waals surface area contributed by atoms with Crippen molar-refractivity contribution in [1.29, 1.82) is 0 Å². The molecular weight excluding hydrogens is 262 g/mol. The fourth-order valence-electron chi connectivity index (χ4n) is 3.91. The Morgan fingerprint density at radius 2 is 1.76 bits per heavy atom. The van der Waals surface area contributed by atoms with Gasteiger partial charge < -0.3 is 15.0 Å². The summed E-state index contributed by atoms with van der Waals surface area (Å²) >= 11 is 0. The van der Waals surface area contributed by atoms with Crippen molar-refractivity contribution in [3.8, 4) is 0 Å². The van der Waals surface area contributed by atoms with E-state index >= 15 is 0 Å². The zero-order valence-corrected chi connectivity index (χ0v) is 13.7. The Morgan fingerprint density at radius 3 is 2.38 bits per heavy atom. The average molecular weight is 295 g/mol. The molecule has 122 valence electrons. The molecule has 0 amide bonds. The Morgan fingerprint density at radius 1 is 1.05 bits per heavy atom. The molecule has 4 nitrogen and oxygen atoms in total. The molecule has 2 saturated heterocycles. The maximum absolute atomic E-state index is 5.45. The SMILES string of the molecule is COCC(CNC1CC1)N1CCC(CN2CCCC2)CC1. The molecule has 1 saturated carbocycles. The van der Waals surface area contributed by atoms with Gasteiger partial charge in [0.25, 0.3) is 0 Å². The van der Waals surface area contributed by atoms with E-state index in [-0.39, 0.29) is 0 Å². The standard InChI is InChI=1S/C17H33N3O/c1-21-14-17(12-18-16-4-5-16)20-10-6-15(7-11-20)13-19-8-2-3-9-19/h15-18H,2-14H2,1H3. The van der Waals surface area contributed by atoms with Crippen molar-refractivity contribution in [2.75, 3.05) is 53.0 Å². The van der Waals surface area contributed by atoms with Crippen molar-refractivity contribution in [3.05, 3.63) is 0 Å². The molecule has 0 aromatic rings. The van der Waals surface area contributed by atoms with E-state index in [4.69, 9.17) is 4.74 Å². The molecule has 0 aromatic heterocycles. The van der Waals surface area contributed by atoms with Crippen molar-refractivity contribution in [3.63, 3.8) is 0 Å². The first-order valence-electron chi connectivity index (χ1n) is 9.04. The Balaban J connectivity index is 1.39. The Bertz CT molecular complexity index is 294. The maximum atomic E-state index is 5.45. The first-order chi connectivity index (χ1) is 10.3.